The van der Waals surface area contributed by atoms with Gasteiger partial charge in [0.25, 0.3) is 11.8 Å². The lowest BCUT2D eigenvalue weighted by Gasteiger charge is -2.21. The molecule has 9 rings (SSSR count). The summed E-state index contributed by atoms with van der Waals surface area (Å²) in [5, 5.41) is 48.4. The van der Waals surface area contributed by atoms with Crippen LogP contribution in [-0.2, 0) is 13.1 Å². The Labute approximate surface area is 431 Å². The number of halogens is 2. The standard InChI is InChI=1S/C55H40Cl2N4O12.CH4/c1-60(2)29-10-14-34-42(20-29)72-43-21-30(61(3)4)11-15-35(43)46(34)47-40(56)23-38(49(57)48(47)55(70)71)52(65)58-24-26-5-7-27(8-6-26)51(64)59-25-39-41(63)18-17-36-45(33-16-12-31(62)22-44(33)73-50(36)39)32-13-9-28(53(66)67)19-37(32)54(68)69;/h5-23H,24-25H2,1-4H3,(H5-,58,59,62,63,64,65,66,67,68,69,70,71);1H4/p+1. The topological polar surface area (TPSA) is 240 Å². The van der Waals surface area contributed by atoms with Crippen molar-refractivity contribution in [1.82, 2.24) is 15.2 Å². The molecular weight excluding hydrogens is 992 g/mol. The molecule has 6 N–H and O–H groups in total. The molecule has 2 aliphatic carbocycles. The smallest absolute Gasteiger partial charge is 0.337 e. The number of carboxylic acids is 3. The van der Waals surface area contributed by atoms with Crippen LogP contribution in [0, 0.1) is 0 Å². The van der Waals surface area contributed by atoms with Gasteiger partial charge in [0, 0.05) is 88.7 Å². The second-order valence-corrected chi connectivity index (χ2v) is 18.2. The number of nitrogens with one attached hydrogen (secondary N) is 2. The van der Waals surface area contributed by atoms with E-state index in [-0.39, 0.29) is 97.7 Å². The minimum atomic E-state index is -1.41. The van der Waals surface area contributed by atoms with E-state index >= 15 is 0 Å². The van der Waals surface area contributed by atoms with Crippen molar-refractivity contribution >= 4 is 80.6 Å². The van der Waals surface area contributed by atoms with E-state index in [9.17, 15) is 49.2 Å². The summed E-state index contributed by atoms with van der Waals surface area (Å²) in [6.45, 7) is -0.359. The summed E-state index contributed by atoms with van der Waals surface area (Å²) in [5.41, 5.74) is 2.47. The second kappa shape index (κ2) is 20.3. The molecule has 74 heavy (non-hydrogen) atoms. The lowest BCUT2D eigenvalue weighted by Crippen LogP contribution is -2.25. The van der Waals surface area contributed by atoms with E-state index in [0.717, 1.165) is 17.1 Å². The highest BCUT2D eigenvalue weighted by Crippen LogP contribution is 2.48. The van der Waals surface area contributed by atoms with E-state index < -0.39 is 35.2 Å². The van der Waals surface area contributed by atoms with Crippen molar-refractivity contribution in [1.29, 1.82) is 0 Å². The number of hydrogen-bond donors (Lipinski definition) is 6. The zero-order valence-electron chi connectivity index (χ0n) is 39.1. The van der Waals surface area contributed by atoms with E-state index in [1.54, 1.807) is 12.1 Å². The monoisotopic (exact) mass is 1040 g/mol. The van der Waals surface area contributed by atoms with Crippen molar-refractivity contribution in [2.24, 2.45) is 0 Å². The van der Waals surface area contributed by atoms with Gasteiger partial charge in [-0.25, -0.2) is 19.0 Å². The Morgan fingerprint density at radius 2 is 1.27 bits per heavy atom. The molecule has 0 fully saturated rings. The number of hydrogen-bond acceptors (Lipinski definition) is 10. The molecule has 18 heteroatoms. The Kier molecular flexibility index (Phi) is 14.1. The molecule has 0 saturated heterocycles. The van der Waals surface area contributed by atoms with Gasteiger partial charge in [-0.15, -0.1) is 0 Å². The van der Waals surface area contributed by atoms with Gasteiger partial charge in [0.1, 0.15) is 42.5 Å². The van der Waals surface area contributed by atoms with Crippen LogP contribution in [0.2, 0.25) is 10.0 Å². The zero-order chi connectivity index (χ0) is 52.2. The predicted octanol–water partition coefficient (Wildman–Crippen LogP) is 9.78. The molecular formula is C56H45Cl2N4O12+. The number of carbonyl (C=O) groups is 5. The van der Waals surface area contributed by atoms with Crippen molar-refractivity contribution in [3.8, 4) is 50.7 Å². The third-order valence-corrected chi connectivity index (χ3v) is 13.1. The molecule has 16 nitrogen and oxygen atoms in total. The van der Waals surface area contributed by atoms with Crippen LogP contribution in [0.15, 0.2) is 129 Å². The Morgan fingerprint density at radius 3 is 1.95 bits per heavy atom. The summed E-state index contributed by atoms with van der Waals surface area (Å²) in [7, 11) is 7.54. The first-order valence-corrected chi connectivity index (χ1v) is 23.0. The minimum absolute atomic E-state index is 0. The fraction of sp³-hybridized carbons (Fsp3) is 0.125. The van der Waals surface area contributed by atoms with Crippen molar-refractivity contribution in [2.75, 3.05) is 33.1 Å². The number of phenolic OH excluding ortho intramolecular Hbond substituents is 1. The van der Waals surface area contributed by atoms with Gasteiger partial charge in [-0.05, 0) is 83.9 Å². The highest BCUT2D eigenvalue weighted by atomic mass is 35.5. The molecule has 0 saturated carbocycles. The van der Waals surface area contributed by atoms with Crippen LogP contribution in [0.1, 0.15) is 70.3 Å². The average molecular weight is 1040 g/mol. The number of amides is 2. The van der Waals surface area contributed by atoms with Gasteiger partial charge in [-0.1, -0.05) is 48.8 Å². The predicted molar refractivity (Wildman–Crippen MR) is 282 cm³/mol. The molecule has 2 heterocycles. The Morgan fingerprint density at radius 1 is 0.622 bits per heavy atom. The van der Waals surface area contributed by atoms with Gasteiger partial charge in [0.05, 0.1) is 50.5 Å². The first kappa shape index (κ1) is 51.4. The minimum Gasteiger partial charge on any atom is -0.507 e. The molecule has 0 spiro atoms. The molecule has 2 amide bonds. The molecule has 4 aliphatic rings. The molecule has 374 valence electrons. The van der Waals surface area contributed by atoms with Crippen molar-refractivity contribution in [3.05, 3.63) is 180 Å². The largest absolute Gasteiger partial charge is 0.507 e. The van der Waals surface area contributed by atoms with Gasteiger partial charge in [0.2, 0.25) is 5.36 Å². The maximum absolute atomic E-state index is 13.8. The van der Waals surface area contributed by atoms with Crippen LogP contribution >= 0.6 is 23.2 Å². The molecule has 0 unspecified atom stereocenters. The van der Waals surface area contributed by atoms with Crippen LogP contribution in [-0.4, -0.2) is 78.3 Å². The maximum Gasteiger partial charge on any atom is 0.337 e. The highest BCUT2D eigenvalue weighted by molar-refractivity contribution is 6.41. The van der Waals surface area contributed by atoms with E-state index in [0.29, 0.717) is 44.4 Å². The third-order valence-electron chi connectivity index (χ3n) is 12.4. The summed E-state index contributed by atoms with van der Waals surface area (Å²) in [6, 6.07) is 29.0. The number of aromatic carboxylic acids is 3. The number of carboxylic acid groups (broad SMARTS) is 3. The van der Waals surface area contributed by atoms with Gasteiger partial charge >= 0.3 is 17.9 Å². The van der Waals surface area contributed by atoms with Crippen LogP contribution in [0.3, 0.4) is 0 Å². The quantitative estimate of drug-likeness (QED) is 0.0494. The summed E-state index contributed by atoms with van der Waals surface area (Å²) in [4.78, 5) is 79.1. The molecule has 0 atom stereocenters. The van der Waals surface area contributed by atoms with Crippen LogP contribution < -0.4 is 30.9 Å². The maximum atomic E-state index is 13.8. The van der Waals surface area contributed by atoms with E-state index in [2.05, 4.69) is 10.6 Å². The molecule has 0 radical (unpaired) electrons. The normalized spacial score (nSPS) is 11.1. The van der Waals surface area contributed by atoms with E-state index in [1.807, 2.05) is 74.1 Å². The summed E-state index contributed by atoms with van der Waals surface area (Å²) in [6.07, 6.45) is 0. The van der Waals surface area contributed by atoms with Crippen molar-refractivity contribution in [2.45, 2.75) is 20.5 Å². The number of carbonyl (C=O) groups excluding carboxylic acids is 2. The summed E-state index contributed by atoms with van der Waals surface area (Å²) < 4.78 is 14.5. The number of nitrogens with zero attached hydrogens (tertiary/aromatic N) is 2. The number of rotatable bonds is 12. The Balaban J connectivity index is 0.00000729. The SMILES string of the molecule is C.CN(C)c1ccc2c(-c3c(Cl)cc(C(=O)NCc4ccc(C(=O)NCc5c(O)ccc6c(-c7ccc(C(=O)O)cc7C(=O)O)c7ccc(=O)cc-7oc56)cc4)c(Cl)c3C(=O)O)c3ccc(=[N+](C)C)cc-3oc2c1. The van der Waals surface area contributed by atoms with Crippen LogP contribution in [0.25, 0.3) is 66.8 Å². The molecule has 2 aliphatic heterocycles. The third kappa shape index (κ3) is 9.46. The van der Waals surface area contributed by atoms with E-state index in [1.165, 1.54) is 60.7 Å². The number of fused-ring (bicyclic) bond motifs is 4. The summed E-state index contributed by atoms with van der Waals surface area (Å²) in [5.74, 6) is -5.22. The lowest BCUT2D eigenvalue weighted by molar-refractivity contribution is 0.0682. The number of benzene rings is 7. The number of aromatic hydroxyl groups is 1. The fourth-order valence-corrected chi connectivity index (χ4v) is 9.38. The average Bonchev–Trinajstić information content (AvgIpc) is 3.36. The highest BCUT2D eigenvalue weighted by Gasteiger charge is 2.30. The van der Waals surface area contributed by atoms with Crippen molar-refractivity contribution < 1.29 is 53.2 Å². The van der Waals surface area contributed by atoms with Crippen molar-refractivity contribution in [3.63, 3.8) is 0 Å². The molecule has 0 bridgehead atoms. The number of anilines is 1. The lowest BCUT2D eigenvalue weighted by atomic mass is 9.89. The molecule has 5 aromatic carbocycles. The van der Waals surface area contributed by atoms with Gasteiger partial charge in [-0.2, -0.15) is 0 Å². The number of phenols is 1. The Bertz CT molecular complexity index is 3890. The first-order chi connectivity index (χ1) is 34.8. The van der Waals surface area contributed by atoms with Gasteiger partial charge in [-0.3, -0.25) is 14.4 Å². The van der Waals surface area contributed by atoms with Gasteiger partial charge in [0.15, 0.2) is 5.43 Å². The molecule has 0 aromatic heterocycles. The van der Waals surface area contributed by atoms with Crippen LogP contribution in [0.5, 0.6) is 5.75 Å². The van der Waals surface area contributed by atoms with Gasteiger partial charge < -0.3 is 44.8 Å². The fourth-order valence-electron chi connectivity index (χ4n) is 8.76. The second-order valence-electron chi connectivity index (χ2n) is 17.4. The zero-order valence-corrected chi connectivity index (χ0v) is 40.6. The Hall–Kier alpha value is -8.99. The summed E-state index contributed by atoms with van der Waals surface area (Å²) >= 11 is 13.9. The van der Waals surface area contributed by atoms with E-state index in [4.69, 9.17) is 32.0 Å². The first-order valence-electron chi connectivity index (χ1n) is 22.2. The van der Waals surface area contributed by atoms with Crippen LogP contribution in [0.4, 0.5) is 5.69 Å². The molecule has 5 aromatic rings.